The number of rotatable bonds is 2. The molecule has 1 saturated heterocycles. The molecule has 1 atom stereocenters. The highest BCUT2D eigenvalue weighted by molar-refractivity contribution is 9.10. The van der Waals surface area contributed by atoms with Crippen LogP contribution < -0.4 is 0 Å². The lowest BCUT2D eigenvalue weighted by molar-refractivity contribution is 0.353. The van der Waals surface area contributed by atoms with E-state index in [1.807, 2.05) is 6.07 Å². The maximum atomic E-state index is 5.73. The monoisotopic (exact) mass is 294 g/mol. The second-order valence-electron chi connectivity index (χ2n) is 4.00. The molecule has 0 saturated carbocycles. The van der Waals surface area contributed by atoms with E-state index in [1.54, 1.807) is 11.3 Å². The van der Waals surface area contributed by atoms with E-state index in [2.05, 4.69) is 53.2 Å². The van der Waals surface area contributed by atoms with E-state index in [9.17, 15) is 0 Å². The fourth-order valence-corrected chi connectivity index (χ4v) is 3.58. The number of ether oxygens (including phenoxy) is 1. The van der Waals surface area contributed by atoms with Gasteiger partial charge in [-0.1, -0.05) is 30.3 Å². The summed E-state index contributed by atoms with van der Waals surface area (Å²) in [6.45, 7) is 2.92. The molecule has 0 N–H and O–H groups in total. The lowest BCUT2D eigenvalue weighted by atomic mass is 9.98. The van der Waals surface area contributed by atoms with Gasteiger partial charge in [0.2, 0.25) is 0 Å². The van der Waals surface area contributed by atoms with Crippen molar-refractivity contribution in [1.29, 1.82) is 0 Å². The van der Waals surface area contributed by atoms with Crippen molar-refractivity contribution in [3.05, 3.63) is 56.2 Å². The molecule has 1 aromatic carbocycles. The number of epoxide rings is 1. The van der Waals surface area contributed by atoms with Gasteiger partial charge in [0.25, 0.3) is 0 Å². The van der Waals surface area contributed by atoms with Crippen LogP contribution in [0.3, 0.4) is 0 Å². The average molecular weight is 295 g/mol. The third-order valence-electron chi connectivity index (χ3n) is 2.93. The van der Waals surface area contributed by atoms with Crippen LogP contribution in [0.5, 0.6) is 0 Å². The van der Waals surface area contributed by atoms with Gasteiger partial charge in [-0.05, 0) is 34.5 Å². The highest BCUT2D eigenvalue weighted by Gasteiger charge is 2.49. The van der Waals surface area contributed by atoms with E-state index in [-0.39, 0.29) is 5.60 Å². The van der Waals surface area contributed by atoms with Crippen molar-refractivity contribution in [2.45, 2.75) is 12.5 Å². The van der Waals surface area contributed by atoms with E-state index >= 15 is 0 Å². The Balaban J connectivity index is 2.06. The molecule has 1 fully saturated rings. The zero-order valence-electron chi connectivity index (χ0n) is 8.87. The van der Waals surface area contributed by atoms with Crippen molar-refractivity contribution >= 4 is 27.3 Å². The van der Waals surface area contributed by atoms with Gasteiger partial charge in [-0.15, -0.1) is 11.3 Å². The van der Waals surface area contributed by atoms with Crippen molar-refractivity contribution in [2.24, 2.45) is 0 Å². The second kappa shape index (κ2) is 3.69. The van der Waals surface area contributed by atoms with Crippen molar-refractivity contribution < 1.29 is 4.74 Å². The van der Waals surface area contributed by atoms with Crippen LogP contribution in [0.2, 0.25) is 0 Å². The molecule has 2 aromatic rings. The summed E-state index contributed by atoms with van der Waals surface area (Å²) in [6, 6.07) is 12.6. The van der Waals surface area contributed by atoms with E-state index in [0.717, 1.165) is 6.61 Å². The largest absolute Gasteiger partial charge is 0.358 e. The van der Waals surface area contributed by atoms with Crippen LogP contribution in [0.25, 0.3) is 0 Å². The quantitative estimate of drug-likeness (QED) is 0.760. The molecule has 0 bridgehead atoms. The van der Waals surface area contributed by atoms with Crippen LogP contribution >= 0.6 is 27.3 Å². The molecule has 1 unspecified atom stereocenters. The number of hydrogen-bond acceptors (Lipinski definition) is 2. The molecule has 82 valence electrons. The van der Waals surface area contributed by atoms with Gasteiger partial charge in [-0.25, -0.2) is 0 Å². The van der Waals surface area contributed by atoms with Gasteiger partial charge in [0.1, 0.15) is 0 Å². The van der Waals surface area contributed by atoms with Crippen LogP contribution in [0.15, 0.2) is 40.9 Å². The van der Waals surface area contributed by atoms with Crippen LogP contribution in [-0.2, 0) is 10.3 Å². The van der Waals surface area contributed by atoms with Gasteiger partial charge in [-0.3, -0.25) is 0 Å². The number of benzene rings is 1. The Morgan fingerprint density at radius 1 is 1.31 bits per heavy atom. The summed E-state index contributed by atoms with van der Waals surface area (Å²) in [7, 11) is 0. The Kier molecular flexibility index (Phi) is 2.42. The summed E-state index contributed by atoms with van der Waals surface area (Å²) in [4.78, 5) is 2.60. The molecule has 0 spiro atoms. The zero-order chi connectivity index (χ0) is 11.2. The molecular weight excluding hydrogens is 284 g/mol. The zero-order valence-corrected chi connectivity index (χ0v) is 11.3. The third-order valence-corrected chi connectivity index (χ3v) is 5.21. The molecule has 0 amide bonds. The molecule has 0 aliphatic carbocycles. The highest BCUT2D eigenvalue weighted by atomic mass is 79.9. The molecule has 1 aliphatic rings. The van der Waals surface area contributed by atoms with Gasteiger partial charge >= 0.3 is 0 Å². The SMILES string of the molecule is Cc1sc(C2(c3ccccc3)CO2)cc1Br. The van der Waals surface area contributed by atoms with Crippen molar-refractivity contribution in [3.63, 3.8) is 0 Å². The van der Waals surface area contributed by atoms with Gasteiger partial charge in [-0.2, -0.15) is 0 Å². The fraction of sp³-hybridized carbons (Fsp3) is 0.231. The summed E-state index contributed by atoms with van der Waals surface area (Å²) in [5.74, 6) is 0. The first-order valence-corrected chi connectivity index (χ1v) is 6.79. The minimum atomic E-state index is -0.164. The Hall–Kier alpha value is -0.640. The Labute approximate surface area is 107 Å². The molecule has 2 heterocycles. The van der Waals surface area contributed by atoms with E-state index < -0.39 is 0 Å². The molecule has 1 nitrogen and oxygen atoms in total. The predicted molar refractivity (Wildman–Crippen MR) is 69.9 cm³/mol. The maximum Gasteiger partial charge on any atom is 0.151 e. The summed E-state index contributed by atoms with van der Waals surface area (Å²) in [5.41, 5.74) is 1.09. The number of halogens is 1. The van der Waals surface area contributed by atoms with E-state index in [0.29, 0.717) is 0 Å². The van der Waals surface area contributed by atoms with Gasteiger partial charge in [0.05, 0.1) is 6.61 Å². The third kappa shape index (κ3) is 1.54. The standard InChI is InChI=1S/C13H11BrOS/c1-9-11(14)7-12(16-9)13(8-15-13)10-5-3-2-4-6-10/h2-7H,8H2,1H3. The normalized spacial score (nSPS) is 23.4. The highest BCUT2D eigenvalue weighted by Crippen LogP contribution is 2.49. The van der Waals surface area contributed by atoms with Crippen LogP contribution in [0.4, 0.5) is 0 Å². The summed E-state index contributed by atoms with van der Waals surface area (Å²) >= 11 is 5.37. The van der Waals surface area contributed by atoms with Crippen LogP contribution in [0.1, 0.15) is 15.3 Å². The van der Waals surface area contributed by atoms with Crippen molar-refractivity contribution in [3.8, 4) is 0 Å². The molecular formula is C13H11BrOS. The van der Waals surface area contributed by atoms with Crippen LogP contribution in [0, 0.1) is 6.92 Å². The Morgan fingerprint density at radius 2 is 2.00 bits per heavy atom. The van der Waals surface area contributed by atoms with E-state index in [1.165, 1.54) is 19.8 Å². The van der Waals surface area contributed by atoms with Crippen molar-refractivity contribution in [1.82, 2.24) is 0 Å². The molecule has 3 rings (SSSR count). The average Bonchev–Trinajstić information content (AvgIpc) is 3.04. The van der Waals surface area contributed by atoms with Gasteiger partial charge < -0.3 is 4.74 Å². The van der Waals surface area contributed by atoms with Crippen molar-refractivity contribution in [2.75, 3.05) is 6.61 Å². The number of thiophene rings is 1. The molecule has 0 radical (unpaired) electrons. The Morgan fingerprint density at radius 3 is 2.50 bits per heavy atom. The van der Waals surface area contributed by atoms with E-state index in [4.69, 9.17) is 4.74 Å². The number of hydrogen-bond donors (Lipinski definition) is 0. The molecule has 3 heteroatoms. The maximum absolute atomic E-state index is 5.73. The lowest BCUT2D eigenvalue weighted by Crippen LogP contribution is -2.07. The number of aryl methyl sites for hydroxylation is 1. The predicted octanol–water partition coefficient (Wildman–Crippen LogP) is 4.09. The summed E-state index contributed by atoms with van der Waals surface area (Å²) in [6.07, 6.45) is 0. The van der Waals surface area contributed by atoms with Gasteiger partial charge in [0.15, 0.2) is 5.60 Å². The van der Waals surface area contributed by atoms with Gasteiger partial charge in [0, 0.05) is 14.2 Å². The molecule has 1 aliphatic heterocycles. The Bertz CT molecular complexity index is 494. The first kappa shape index (κ1) is 10.5. The first-order chi connectivity index (χ1) is 7.72. The topological polar surface area (TPSA) is 12.5 Å². The second-order valence-corrected chi connectivity index (χ2v) is 6.11. The minimum Gasteiger partial charge on any atom is -0.358 e. The summed E-state index contributed by atoms with van der Waals surface area (Å²) in [5, 5.41) is 0. The fourth-order valence-electron chi connectivity index (χ4n) is 1.89. The molecule has 16 heavy (non-hydrogen) atoms. The first-order valence-electron chi connectivity index (χ1n) is 5.18. The molecule has 1 aromatic heterocycles. The smallest absolute Gasteiger partial charge is 0.151 e. The minimum absolute atomic E-state index is 0.164. The lowest BCUT2D eigenvalue weighted by Gasteiger charge is -2.09. The van der Waals surface area contributed by atoms with Crippen LogP contribution in [-0.4, -0.2) is 6.61 Å². The summed E-state index contributed by atoms with van der Waals surface area (Å²) < 4.78 is 6.91.